The zero-order chi connectivity index (χ0) is 10.5. The zero-order valence-electron chi connectivity index (χ0n) is 8.46. The number of hydrogen-bond acceptors (Lipinski definition) is 3. The molecule has 0 aromatic heterocycles. The quantitative estimate of drug-likeness (QED) is 0.653. The molecular formula is C11H12N2O2. The van der Waals surface area contributed by atoms with Crippen LogP contribution in [0.4, 0.5) is 5.69 Å². The second kappa shape index (κ2) is 2.73. The number of ether oxygens (including phenoxy) is 1. The first-order valence-corrected chi connectivity index (χ1v) is 5.01. The van der Waals surface area contributed by atoms with Gasteiger partial charge in [-0.05, 0) is 24.6 Å². The van der Waals surface area contributed by atoms with Crippen LogP contribution in [0.15, 0.2) is 18.2 Å². The summed E-state index contributed by atoms with van der Waals surface area (Å²) in [5, 5.41) is 5.95. The normalized spacial score (nSPS) is 21.3. The van der Waals surface area contributed by atoms with E-state index in [1.54, 1.807) is 0 Å². The predicted molar refractivity (Wildman–Crippen MR) is 56.0 cm³/mol. The van der Waals surface area contributed by atoms with Crippen LogP contribution in [0.5, 0.6) is 5.75 Å². The highest BCUT2D eigenvalue weighted by molar-refractivity contribution is 6.02. The summed E-state index contributed by atoms with van der Waals surface area (Å²) in [6.07, 6.45) is 0. The number of benzene rings is 1. The number of hydrogen-bond donors (Lipinski definition) is 2. The molecule has 3 rings (SSSR count). The standard InChI is InChI=1S/C11H12N2O2/c1-7-2-3-9-8(4-7)13-10(14)11(15-9)5-12-6-11/h2-4,12H,5-6H2,1H3,(H,13,14). The summed E-state index contributed by atoms with van der Waals surface area (Å²) in [6.45, 7) is 3.17. The highest BCUT2D eigenvalue weighted by Gasteiger charge is 2.49. The van der Waals surface area contributed by atoms with Gasteiger partial charge in [0.05, 0.1) is 5.69 Å². The maximum absolute atomic E-state index is 11.8. The maximum Gasteiger partial charge on any atom is 0.271 e. The molecule has 0 saturated carbocycles. The second-order valence-corrected chi connectivity index (χ2v) is 4.15. The maximum atomic E-state index is 11.8. The zero-order valence-corrected chi connectivity index (χ0v) is 8.46. The number of amides is 1. The van der Waals surface area contributed by atoms with Crippen LogP contribution in [0, 0.1) is 6.92 Å². The summed E-state index contributed by atoms with van der Waals surface area (Å²) in [4.78, 5) is 11.8. The van der Waals surface area contributed by atoms with Gasteiger partial charge in [0.2, 0.25) is 5.60 Å². The third-order valence-electron chi connectivity index (χ3n) is 2.92. The van der Waals surface area contributed by atoms with Gasteiger partial charge in [-0.3, -0.25) is 4.79 Å². The van der Waals surface area contributed by atoms with Crippen molar-refractivity contribution < 1.29 is 9.53 Å². The van der Waals surface area contributed by atoms with E-state index in [0.29, 0.717) is 13.1 Å². The van der Waals surface area contributed by atoms with Crippen molar-refractivity contribution in [3.05, 3.63) is 23.8 Å². The molecule has 1 fully saturated rings. The van der Waals surface area contributed by atoms with Gasteiger partial charge in [-0.25, -0.2) is 0 Å². The largest absolute Gasteiger partial charge is 0.473 e. The average Bonchev–Trinajstić information content (AvgIpc) is 2.14. The Morgan fingerprint density at radius 3 is 2.87 bits per heavy atom. The van der Waals surface area contributed by atoms with Crippen molar-refractivity contribution in [2.75, 3.05) is 18.4 Å². The van der Waals surface area contributed by atoms with Gasteiger partial charge in [0.15, 0.2) is 0 Å². The molecule has 0 radical (unpaired) electrons. The van der Waals surface area contributed by atoms with Crippen LogP contribution in [-0.4, -0.2) is 24.6 Å². The highest BCUT2D eigenvalue weighted by atomic mass is 16.5. The lowest BCUT2D eigenvalue weighted by atomic mass is 9.93. The lowest BCUT2D eigenvalue weighted by molar-refractivity contribution is -0.136. The smallest absolute Gasteiger partial charge is 0.271 e. The van der Waals surface area contributed by atoms with E-state index in [9.17, 15) is 4.79 Å². The molecule has 2 aliphatic heterocycles. The van der Waals surface area contributed by atoms with Crippen LogP contribution in [0.1, 0.15) is 5.56 Å². The SMILES string of the molecule is Cc1ccc2c(c1)NC(=O)C1(CNC1)O2. The van der Waals surface area contributed by atoms with Gasteiger partial charge in [0, 0.05) is 13.1 Å². The van der Waals surface area contributed by atoms with Gasteiger partial charge in [-0.15, -0.1) is 0 Å². The fraction of sp³-hybridized carbons (Fsp3) is 0.364. The van der Waals surface area contributed by atoms with Crippen molar-refractivity contribution in [2.45, 2.75) is 12.5 Å². The van der Waals surface area contributed by atoms with Crippen molar-refractivity contribution >= 4 is 11.6 Å². The van der Waals surface area contributed by atoms with Crippen LogP contribution in [-0.2, 0) is 4.79 Å². The van der Waals surface area contributed by atoms with E-state index in [2.05, 4.69) is 10.6 Å². The van der Waals surface area contributed by atoms with Crippen LogP contribution in [0.3, 0.4) is 0 Å². The first-order valence-electron chi connectivity index (χ1n) is 5.01. The Bertz CT molecular complexity index is 438. The number of anilines is 1. The van der Waals surface area contributed by atoms with Crippen molar-refractivity contribution in [2.24, 2.45) is 0 Å². The molecule has 1 aromatic carbocycles. The molecule has 15 heavy (non-hydrogen) atoms. The molecule has 78 valence electrons. The molecule has 0 unspecified atom stereocenters. The fourth-order valence-electron chi connectivity index (χ4n) is 1.91. The van der Waals surface area contributed by atoms with Crippen molar-refractivity contribution in [1.82, 2.24) is 5.32 Å². The van der Waals surface area contributed by atoms with E-state index >= 15 is 0 Å². The third-order valence-corrected chi connectivity index (χ3v) is 2.92. The Morgan fingerprint density at radius 2 is 2.20 bits per heavy atom. The van der Waals surface area contributed by atoms with Crippen molar-refractivity contribution in [3.63, 3.8) is 0 Å². The Hall–Kier alpha value is -1.55. The average molecular weight is 204 g/mol. The summed E-state index contributed by atoms with van der Waals surface area (Å²) in [5.74, 6) is 0.723. The van der Waals surface area contributed by atoms with Gasteiger partial charge in [0.25, 0.3) is 5.91 Å². The van der Waals surface area contributed by atoms with Crippen LogP contribution in [0.25, 0.3) is 0 Å². The van der Waals surface area contributed by atoms with E-state index in [1.807, 2.05) is 25.1 Å². The Morgan fingerprint density at radius 1 is 1.40 bits per heavy atom. The van der Waals surface area contributed by atoms with Gasteiger partial charge >= 0.3 is 0 Å². The minimum atomic E-state index is -0.664. The lowest BCUT2D eigenvalue weighted by Gasteiger charge is -2.43. The molecule has 4 heteroatoms. The van der Waals surface area contributed by atoms with Crippen LogP contribution >= 0.6 is 0 Å². The number of aryl methyl sites for hydroxylation is 1. The molecule has 2 aliphatic rings. The first kappa shape index (κ1) is 8.73. The monoisotopic (exact) mass is 204 g/mol. The van der Waals surface area contributed by atoms with Gasteiger partial charge in [0.1, 0.15) is 5.75 Å². The van der Waals surface area contributed by atoms with E-state index in [4.69, 9.17) is 4.74 Å². The lowest BCUT2D eigenvalue weighted by Crippen LogP contribution is -2.70. The summed E-state index contributed by atoms with van der Waals surface area (Å²) < 4.78 is 5.75. The van der Waals surface area contributed by atoms with Crippen LogP contribution < -0.4 is 15.4 Å². The summed E-state index contributed by atoms with van der Waals surface area (Å²) in [6, 6.07) is 5.81. The molecule has 4 nitrogen and oxygen atoms in total. The number of rotatable bonds is 0. The van der Waals surface area contributed by atoms with E-state index < -0.39 is 5.60 Å². The molecule has 1 aromatic rings. The Kier molecular flexibility index (Phi) is 1.59. The molecular weight excluding hydrogens is 192 g/mol. The Balaban J connectivity index is 2.02. The summed E-state index contributed by atoms with van der Waals surface area (Å²) in [5.41, 5.74) is 1.22. The van der Waals surface area contributed by atoms with Crippen molar-refractivity contribution in [1.29, 1.82) is 0 Å². The molecule has 0 bridgehead atoms. The molecule has 2 N–H and O–H groups in total. The van der Waals surface area contributed by atoms with Gasteiger partial charge in [-0.1, -0.05) is 6.07 Å². The number of fused-ring (bicyclic) bond motifs is 1. The minimum absolute atomic E-state index is 0.0423. The minimum Gasteiger partial charge on any atom is -0.473 e. The topological polar surface area (TPSA) is 50.4 Å². The van der Waals surface area contributed by atoms with Crippen LogP contribution in [0.2, 0.25) is 0 Å². The summed E-state index contributed by atoms with van der Waals surface area (Å²) in [7, 11) is 0. The van der Waals surface area contributed by atoms with E-state index in [1.165, 1.54) is 0 Å². The van der Waals surface area contributed by atoms with Gasteiger partial charge in [-0.2, -0.15) is 0 Å². The molecule has 0 atom stereocenters. The second-order valence-electron chi connectivity index (χ2n) is 4.15. The van der Waals surface area contributed by atoms with Gasteiger partial charge < -0.3 is 15.4 Å². The first-order chi connectivity index (χ1) is 7.20. The number of nitrogens with one attached hydrogen (secondary N) is 2. The molecule has 1 spiro atoms. The van der Waals surface area contributed by atoms with Crippen molar-refractivity contribution in [3.8, 4) is 5.75 Å². The molecule has 0 aliphatic carbocycles. The van der Waals surface area contributed by atoms with E-state index in [-0.39, 0.29) is 5.91 Å². The fourth-order valence-corrected chi connectivity index (χ4v) is 1.91. The number of carbonyl (C=O) groups excluding carboxylic acids is 1. The highest BCUT2D eigenvalue weighted by Crippen LogP contribution is 2.35. The third kappa shape index (κ3) is 1.15. The molecule has 1 saturated heterocycles. The van der Waals surface area contributed by atoms with E-state index in [0.717, 1.165) is 17.0 Å². The molecule has 1 amide bonds. The Labute approximate surface area is 87.6 Å². The summed E-state index contributed by atoms with van der Waals surface area (Å²) >= 11 is 0. The molecule has 2 heterocycles. The predicted octanol–water partition coefficient (Wildman–Crippen LogP) is 0.668. The number of carbonyl (C=O) groups is 1.